The molecule has 0 unspecified atom stereocenters. The smallest absolute Gasteiger partial charge is 0.277 e. The fourth-order valence-corrected chi connectivity index (χ4v) is 2.26. The highest BCUT2D eigenvalue weighted by Crippen LogP contribution is 2.22. The lowest BCUT2D eigenvalue weighted by Gasteiger charge is -2.07. The van der Waals surface area contributed by atoms with Crippen molar-refractivity contribution in [3.8, 4) is 11.4 Å². The van der Waals surface area contributed by atoms with Crippen LogP contribution in [0.1, 0.15) is 16.1 Å². The Morgan fingerprint density at radius 3 is 2.92 bits per heavy atom. The van der Waals surface area contributed by atoms with Crippen LogP contribution < -0.4 is 5.32 Å². The molecule has 0 atom stereocenters. The maximum Gasteiger partial charge on any atom is 0.277 e. The van der Waals surface area contributed by atoms with Gasteiger partial charge in [-0.1, -0.05) is 28.9 Å². The molecule has 0 fully saturated rings. The summed E-state index contributed by atoms with van der Waals surface area (Å²) in [5.41, 5.74) is 1.36. The predicted octanol–water partition coefficient (Wildman–Crippen LogP) is 3.33. The summed E-state index contributed by atoms with van der Waals surface area (Å²) in [6.45, 7) is 1.82. The van der Waals surface area contributed by atoms with Crippen molar-refractivity contribution in [2.45, 2.75) is 6.92 Å². The Labute approximate surface area is 141 Å². The first-order valence-electron chi connectivity index (χ1n) is 6.93. The number of carbonyl (C=O) groups is 1. The van der Waals surface area contributed by atoms with E-state index < -0.39 is 17.5 Å². The number of amides is 1. The summed E-state index contributed by atoms with van der Waals surface area (Å²) in [5.74, 6) is -1.87. The molecule has 2 N–H and O–H groups in total. The van der Waals surface area contributed by atoms with Gasteiger partial charge in [0.25, 0.3) is 5.91 Å². The summed E-state index contributed by atoms with van der Waals surface area (Å²) in [6, 6.07) is 9.20. The fourth-order valence-electron chi connectivity index (χ4n) is 2.09. The molecule has 0 saturated carbocycles. The summed E-state index contributed by atoms with van der Waals surface area (Å²) in [6.07, 6.45) is 1.27. The highest BCUT2D eigenvalue weighted by atomic mass is 35.5. The second-order valence-electron chi connectivity index (χ2n) is 5.07. The van der Waals surface area contributed by atoms with E-state index in [4.69, 9.17) is 11.6 Å². The first-order valence-corrected chi connectivity index (χ1v) is 7.31. The molecule has 1 aromatic heterocycles. The van der Waals surface area contributed by atoms with Gasteiger partial charge >= 0.3 is 0 Å². The zero-order valence-electron chi connectivity index (χ0n) is 12.5. The molecule has 0 radical (unpaired) electrons. The van der Waals surface area contributed by atoms with Gasteiger partial charge in [-0.2, -0.15) is 0 Å². The fraction of sp³-hybridized carbons (Fsp3) is 0.0625. The van der Waals surface area contributed by atoms with Crippen molar-refractivity contribution in [3.05, 3.63) is 64.7 Å². The number of anilines is 1. The summed E-state index contributed by atoms with van der Waals surface area (Å²) in [5, 5.41) is 20.0. The largest absolute Gasteiger partial charge is 0.505 e. The lowest BCUT2D eigenvalue weighted by Crippen LogP contribution is -2.13. The van der Waals surface area contributed by atoms with Gasteiger partial charge in [-0.3, -0.25) is 4.79 Å². The number of carbonyl (C=O) groups excluding carboxylic acids is 1. The molecule has 1 amide bonds. The van der Waals surface area contributed by atoms with Crippen LogP contribution in [-0.4, -0.2) is 26.0 Å². The number of aromatic hydroxyl groups is 1. The van der Waals surface area contributed by atoms with E-state index in [9.17, 15) is 14.3 Å². The van der Waals surface area contributed by atoms with Gasteiger partial charge in [0, 0.05) is 10.7 Å². The van der Waals surface area contributed by atoms with E-state index in [1.165, 1.54) is 24.4 Å². The van der Waals surface area contributed by atoms with Gasteiger partial charge in [0.15, 0.2) is 17.3 Å². The van der Waals surface area contributed by atoms with Gasteiger partial charge in [0.2, 0.25) is 0 Å². The third-order valence-corrected chi connectivity index (χ3v) is 3.61. The molecule has 24 heavy (non-hydrogen) atoms. The average Bonchev–Trinajstić information content (AvgIpc) is 3.03. The first-order chi connectivity index (χ1) is 11.5. The topological polar surface area (TPSA) is 80.0 Å². The standard InChI is InChI=1S/C16H12ClFN4O2/c1-9-5-6-10(17)7-11(9)19-16(24)12-8-22(21-20-12)13-3-2-4-14(23)15(13)18/h2-8,23H,1H3,(H,19,24). The van der Waals surface area contributed by atoms with Gasteiger partial charge < -0.3 is 10.4 Å². The monoisotopic (exact) mass is 346 g/mol. The Balaban J connectivity index is 1.86. The van der Waals surface area contributed by atoms with Crippen molar-refractivity contribution in [1.82, 2.24) is 15.0 Å². The first kappa shape index (κ1) is 15.9. The van der Waals surface area contributed by atoms with E-state index in [0.29, 0.717) is 10.7 Å². The van der Waals surface area contributed by atoms with E-state index >= 15 is 0 Å². The molecule has 6 nitrogen and oxygen atoms in total. The SMILES string of the molecule is Cc1ccc(Cl)cc1NC(=O)c1cn(-c2cccc(O)c2F)nn1. The predicted molar refractivity (Wildman–Crippen MR) is 87.1 cm³/mol. The minimum atomic E-state index is -0.847. The van der Waals surface area contributed by atoms with E-state index in [1.807, 2.05) is 6.92 Å². The van der Waals surface area contributed by atoms with Crippen LogP contribution in [0.2, 0.25) is 5.02 Å². The molecule has 0 saturated heterocycles. The van der Waals surface area contributed by atoms with Gasteiger partial charge in [0.05, 0.1) is 6.20 Å². The van der Waals surface area contributed by atoms with Crippen molar-refractivity contribution >= 4 is 23.2 Å². The number of halogens is 2. The molecule has 3 aromatic rings. The van der Waals surface area contributed by atoms with Crippen LogP contribution in [0.3, 0.4) is 0 Å². The number of nitrogens with one attached hydrogen (secondary N) is 1. The Bertz CT molecular complexity index is 926. The van der Waals surface area contributed by atoms with Crippen LogP contribution in [0.5, 0.6) is 5.75 Å². The summed E-state index contributed by atoms with van der Waals surface area (Å²) >= 11 is 5.91. The van der Waals surface area contributed by atoms with Crippen LogP contribution in [-0.2, 0) is 0 Å². The maximum absolute atomic E-state index is 13.9. The third kappa shape index (κ3) is 3.07. The van der Waals surface area contributed by atoms with Crippen LogP contribution >= 0.6 is 11.6 Å². The quantitative estimate of drug-likeness (QED) is 0.762. The number of aromatic nitrogens is 3. The number of phenolic OH excluding ortho intramolecular Hbond substituents is 1. The molecule has 1 heterocycles. The Morgan fingerprint density at radius 1 is 1.33 bits per heavy atom. The lowest BCUT2D eigenvalue weighted by atomic mass is 10.2. The van der Waals surface area contributed by atoms with E-state index in [0.717, 1.165) is 10.2 Å². The second kappa shape index (κ2) is 6.29. The molecule has 122 valence electrons. The van der Waals surface area contributed by atoms with Crippen molar-refractivity contribution in [3.63, 3.8) is 0 Å². The molecule has 0 aliphatic rings. The Hall–Kier alpha value is -2.93. The third-order valence-electron chi connectivity index (χ3n) is 3.38. The number of phenols is 1. The summed E-state index contributed by atoms with van der Waals surface area (Å²) in [7, 11) is 0. The Morgan fingerprint density at radius 2 is 2.12 bits per heavy atom. The molecule has 0 aliphatic heterocycles. The number of benzene rings is 2. The zero-order chi connectivity index (χ0) is 17.3. The minimum absolute atomic E-state index is 0.00267. The molecule has 8 heteroatoms. The average molecular weight is 347 g/mol. The highest BCUT2D eigenvalue weighted by molar-refractivity contribution is 6.31. The number of hydrogen-bond acceptors (Lipinski definition) is 4. The number of rotatable bonds is 3. The van der Waals surface area contributed by atoms with Crippen LogP contribution in [0.25, 0.3) is 5.69 Å². The van der Waals surface area contributed by atoms with Crippen molar-refractivity contribution in [2.75, 3.05) is 5.32 Å². The van der Waals surface area contributed by atoms with Crippen LogP contribution in [0, 0.1) is 12.7 Å². The van der Waals surface area contributed by atoms with Crippen molar-refractivity contribution < 1.29 is 14.3 Å². The van der Waals surface area contributed by atoms with E-state index in [1.54, 1.807) is 18.2 Å². The van der Waals surface area contributed by atoms with Gasteiger partial charge in [-0.05, 0) is 36.8 Å². The van der Waals surface area contributed by atoms with Crippen molar-refractivity contribution in [1.29, 1.82) is 0 Å². The van der Waals surface area contributed by atoms with Gasteiger partial charge in [0.1, 0.15) is 5.69 Å². The summed E-state index contributed by atoms with van der Waals surface area (Å²) < 4.78 is 15.0. The van der Waals surface area contributed by atoms with Crippen LogP contribution in [0.4, 0.5) is 10.1 Å². The van der Waals surface area contributed by atoms with Gasteiger partial charge in [-0.15, -0.1) is 5.10 Å². The normalized spacial score (nSPS) is 10.6. The number of nitrogens with zero attached hydrogens (tertiary/aromatic N) is 3. The molecule has 3 rings (SSSR count). The van der Waals surface area contributed by atoms with Gasteiger partial charge in [-0.25, -0.2) is 9.07 Å². The Kier molecular flexibility index (Phi) is 4.18. The second-order valence-corrected chi connectivity index (χ2v) is 5.51. The van der Waals surface area contributed by atoms with Crippen molar-refractivity contribution in [2.24, 2.45) is 0 Å². The maximum atomic E-state index is 13.9. The zero-order valence-corrected chi connectivity index (χ0v) is 13.3. The van der Waals surface area contributed by atoms with E-state index in [2.05, 4.69) is 15.6 Å². The molecule has 2 aromatic carbocycles. The summed E-state index contributed by atoms with van der Waals surface area (Å²) in [4.78, 5) is 12.3. The highest BCUT2D eigenvalue weighted by Gasteiger charge is 2.16. The van der Waals surface area contributed by atoms with Crippen LogP contribution in [0.15, 0.2) is 42.6 Å². The lowest BCUT2D eigenvalue weighted by molar-refractivity contribution is 0.102. The minimum Gasteiger partial charge on any atom is -0.505 e. The van der Waals surface area contributed by atoms with E-state index in [-0.39, 0.29) is 11.4 Å². The molecular weight excluding hydrogens is 335 g/mol. The number of hydrogen-bond donors (Lipinski definition) is 2. The molecule has 0 spiro atoms. The number of aryl methyl sites for hydroxylation is 1. The molecular formula is C16H12ClFN4O2. The molecule has 0 bridgehead atoms. The molecule has 0 aliphatic carbocycles.